The van der Waals surface area contributed by atoms with Gasteiger partial charge in [-0.1, -0.05) is 26.0 Å². The molecular weight excluding hydrogens is 170 g/mol. The molecule has 0 radical (unpaired) electrons. The third-order valence-electron chi connectivity index (χ3n) is 2.10. The molecule has 0 N–H and O–H groups in total. The summed E-state index contributed by atoms with van der Waals surface area (Å²) in [6.45, 7) is 4.22. The molecule has 0 bridgehead atoms. The van der Waals surface area contributed by atoms with E-state index in [2.05, 4.69) is 30.4 Å². The van der Waals surface area contributed by atoms with E-state index in [0.29, 0.717) is 5.75 Å². The van der Waals surface area contributed by atoms with Crippen LogP contribution in [-0.2, 0) is 9.73 Å². The lowest BCUT2D eigenvalue weighted by molar-refractivity contribution is 0.545. The van der Waals surface area contributed by atoms with Crippen molar-refractivity contribution in [3.8, 4) is 0 Å². The van der Waals surface area contributed by atoms with Gasteiger partial charge < -0.3 is 0 Å². The van der Waals surface area contributed by atoms with Crippen LogP contribution < -0.4 is 0 Å². The Bertz CT molecular complexity index is 296. The minimum absolute atomic E-state index is 0.0487. The summed E-state index contributed by atoms with van der Waals surface area (Å²) in [5, 5.41) is 0. The SMILES string of the molecule is CN=S1(=O)CCC=CC(C)(C)C1. The summed E-state index contributed by atoms with van der Waals surface area (Å²) in [5.74, 6) is 1.43. The molecule has 3 heteroatoms. The molecule has 0 saturated heterocycles. The van der Waals surface area contributed by atoms with E-state index >= 15 is 0 Å². The van der Waals surface area contributed by atoms with E-state index in [9.17, 15) is 4.21 Å². The Morgan fingerprint density at radius 2 is 2.17 bits per heavy atom. The van der Waals surface area contributed by atoms with Gasteiger partial charge in [-0.05, 0) is 11.8 Å². The van der Waals surface area contributed by atoms with Crippen LogP contribution in [0.1, 0.15) is 20.3 Å². The molecule has 0 spiro atoms. The third kappa shape index (κ3) is 2.34. The van der Waals surface area contributed by atoms with Crippen LogP contribution in [0.5, 0.6) is 0 Å². The number of hydrogen-bond acceptors (Lipinski definition) is 2. The molecule has 1 aliphatic rings. The fourth-order valence-corrected chi connectivity index (χ4v) is 3.73. The van der Waals surface area contributed by atoms with Crippen LogP contribution >= 0.6 is 0 Å². The van der Waals surface area contributed by atoms with Crippen molar-refractivity contribution in [2.45, 2.75) is 20.3 Å². The minimum Gasteiger partial charge on any atom is -0.250 e. The van der Waals surface area contributed by atoms with E-state index in [-0.39, 0.29) is 5.41 Å². The molecule has 0 aromatic heterocycles. The highest BCUT2D eigenvalue weighted by atomic mass is 32.2. The van der Waals surface area contributed by atoms with Crippen LogP contribution in [-0.4, -0.2) is 22.8 Å². The molecule has 0 aliphatic carbocycles. The van der Waals surface area contributed by atoms with Crippen molar-refractivity contribution in [1.82, 2.24) is 0 Å². The predicted molar refractivity (Wildman–Crippen MR) is 53.8 cm³/mol. The van der Waals surface area contributed by atoms with Gasteiger partial charge in [-0.3, -0.25) is 0 Å². The van der Waals surface area contributed by atoms with Crippen LogP contribution in [0.15, 0.2) is 16.5 Å². The summed E-state index contributed by atoms with van der Waals surface area (Å²) in [7, 11) is -0.239. The highest BCUT2D eigenvalue weighted by Gasteiger charge is 2.23. The van der Waals surface area contributed by atoms with Crippen LogP contribution in [0.25, 0.3) is 0 Å². The highest BCUT2D eigenvalue weighted by molar-refractivity contribution is 7.93. The van der Waals surface area contributed by atoms with Crippen LogP contribution in [0.2, 0.25) is 0 Å². The number of nitrogens with zero attached hydrogens (tertiary/aromatic N) is 1. The van der Waals surface area contributed by atoms with E-state index in [4.69, 9.17) is 0 Å². The molecule has 0 aromatic rings. The molecular formula is C9H17NOS. The molecule has 0 fully saturated rings. The first-order chi connectivity index (χ1) is 5.47. The van der Waals surface area contributed by atoms with Crippen LogP contribution in [0.3, 0.4) is 0 Å². The molecule has 0 amide bonds. The van der Waals surface area contributed by atoms with Crippen molar-refractivity contribution in [3.63, 3.8) is 0 Å². The zero-order valence-corrected chi connectivity index (χ0v) is 8.86. The lowest BCUT2D eigenvalue weighted by atomic mass is 9.96. The van der Waals surface area contributed by atoms with E-state index in [1.807, 2.05) is 0 Å². The number of rotatable bonds is 0. The maximum absolute atomic E-state index is 12.0. The standard InChI is InChI=1S/C9H17NOS/c1-9(2)6-4-5-7-12(11,8-9)10-3/h4,6H,5,7-8H2,1-3H3. The topological polar surface area (TPSA) is 29.4 Å². The maximum atomic E-state index is 12.0. The summed E-state index contributed by atoms with van der Waals surface area (Å²) in [6, 6.07) is 0. The average molecular weight is 187 g/mol. The van der Waals surface area contributed by atoms with E-state index in [1.165, 1.54) is 0 Å². The molecule has 1 unspecified atom stereocenters. The molecule has 1 heterocycles. The fourth-order valence-electron chi connectivity index (χ4n) is 1.51. The van der Waals surface area contributed by atoms with Crippen LogP contribution in [0.4, 0.5) is 0 Å². The van der Waals surface area contributed by atoms with E-state index < -0.39 is 9.73 Å². The second-order valence-electron chi connectivity index (χ2n) is 3.98. The monoisotopic (exact) mass is 187 g/mol. The maximum Gasteiger partial charge on any atom is 0.0476 e. The van der Waals surface area contributed by atoms with Crippen molar-refractivity contribution < 1.29 is 4.21 Å². The minimum atomic E-state index is -1.91. The Labute approximate surface area is 75.2 Å². The zero-order chi connectivity index (χ0) is 9.24. The van der Waals surface area contributed by atoms with Crippen molar-refractivity contribution in [3.05, 3.63) is 12.2 Å². The summed E-state index contributed by atoms with van der Waals surface area (Å²) >= 11 is 0. The smallest absolute Gasteiger partial charge is 0.0476 e. The first-order valence-corrected chi connectivity index (χ1v) is 6.11. The normalized spacial score (nSPS) is 34.2. The number of hydrogen-bond donors (Lipinski definition) is 0. The van der Waals surface area contributed by atoms with Gasteiger partial charge in [0.1, 0.15) is 0 Å². The second-order valence-corrected chi connectivity index (χ2v) is 6.59. The summed E-state index contributed by atoms with van der Waals surface area (Å²) in [6.07, 6.45) is 5.18. The predicted octanol–water partition coefficient (Wildman–Crippen LogP) is 2.07. The largest absolute Gasteiger partial charge is 0.250 e. The first kappa shape index (κ1) is 9.78. The van der Waals surface area contributed by atoms with Gasteiger partial charge in [0.15, 0.2) is 0 Å². The Balaban J connectivity index is 2.97. The molecule has 0 aromatic carbocycles. The lowest BCUT2D eigenvalue weighted by Gasteiger charge is -2.19. The van der Waals surface area contributed by atoms with Crippen molar-refractivity contribution in [2.75, 3.05) is 18.6 Å². The zero-order valence-electron chi connectivity index (χ0n) is 8.04. The van der Waals surface area contributed by atoms with Gasteiger partial charge in [0.05, 0.1) is 0 Å². The third-order valence-corrected chi connectivity index (χ3v) is 4.84. The number of allylic oxidation sites excluding steroid dienone is 2. The Kier molecular flexibility index (Phi) is 2.61. The van der Waals surface area contributed by atoms with Gasteiger partial charge in [-0.2, -0.15) is 0 Å². The summed E-state index contributed by atoms with van der Waals surface area (Å²) in [4.78, 5) is 0. The average Bonchev–Trinajstić information content (AvgIpc) is 2.09. The van der Waals surface area contributed by atoms with Gasteiger partial charge in [0.25, 0.3) is 0 Å². The lowest BCUT2D eigenvalue weighted by Crippen LogP contribution is -2.21. The fraction of sp³-hybridized carbons (Fsp3) is 0.778. The highest BCUT2D eigenvalue weighted by Crippen LogP contribution is 2.24. The van der Waals surface area contributed by atoms with Gasteiger partial charge in [0.2, 0.25) is 0 Å². The van der Waals surface area contributed by atoms with Gasteiger partial charge in [-0.25, -0.2) is 8.57 Å². The van der Waals surface area contributed by atoms with E-state index in [0.717, 1.165) is 12.2 Å². The van der Waals surface area contributed by atoms with E-state index in [1.54, 1.807) is 7.05 Å². The molecule has 1 atom stereocenters. The second kappa shape index (κ2) is 3.21. The molecule has 70 valence electrons. The Morgan fingerprint density at radius 1 is 1.50 bits per heavy atom. The van der Waals surface area contributed by atoms with Crippen molar-refractivity contribution in [1.29, 1.82) is 0 Å². The van der Waals surface area contributed by atoms with Crippen molar-refractivity contribution in [2.24, 2.45) is 9.78 Å². The van der Waals surface area contributed by atoms with Gasteiger partial charge in [0, 0.05) is 28.3 Å². The first-order valence-electron chi connectivity index (χ1n) is 4.26. The van der Waals surface area contributed by atoms with Crippen LogP contribution in [0, 0.1) is 5.41 Å². The quantitative estimate of drug-likeness (QED) is 0.534. The Hall–Kier alpha value is -0.310. The molecule has 2 nitrogen and oxygen atoms in total. The molecule has 0 saturated carbocycles. The van der Waals surface area contributed by atoms with Gasteiger partial charge in [-0.15, -0.1) is 0 Å². The summed E-state index contributed by atoms with van der Waals surface area (Å²) in [5.41, 5.74) is 0.0487. The van der Waals surface area contributed by atoms with Crippen molar-refractivity contribution >= 4 is 9.73 Å². The van der Waals surface area contributed by atoms with Gasteiger partial charge >= 0.3 is 0 Å². The Morgan fingerprint density at radius 3 is 2.75 bits per heavy atom. The molecule has 1 aliphatic heterocycles. The molecule has 12 heavy (non-hydrogen) atoms. The summed E-state index contributed by atoms with van der Waals surface area (Å²) < 4.78 is 16.0. The molecule has 1 rings (SSSR count).